The smallest absolute Gasteiger partial charge is 0.264 e. The van der Waals surface area contributed by atoms with Crippen LogP contribution in [0.25, 0.3) is 0 Å². The van der Waals surface area contributed by atoms with Crippen molar-refractivity contribution in [2.45, 2.75) is 43.2 Å². The van der Waals surface area contributed by atoms with Gasteiger partial charge in [0.2, 0.25) is 0 Å². The molecular weight excluding hydrogens is 376 g/mol. The highest BCUT2D eigenvalue weighted by Crippen LogP contribution is 2.36. The number of carbonyl (C=O) groups excluding carboxylic acids is 1. The highest BCUT2D eigenvalue weighted by atomic mass is 32.2. The molecule has 148 valence electrons. The lowest BCUT2D eigenvalue weighted by Gasteiger charge is -2.30. The average molecular weight is 401 g/mol. The SMILES string of the molecule is CC1Cc2ccccc2N1S(=O)(=O)c1cccc(C(=O)N2CCC(O)CC2)c1. The van der Waals surface area contributed by atoms with Gasteiger partial charge in [-0.2, -0.15) is 0 Å². The molecule has 1 fully saturated rings. The Kier molecular flexibility index (Phi) is 4.89. The van der Waals surface area contributed by atoms with Crippen LogP contribution in [0.2, 0.25) is 0 Å². The lowest BCUT2D eigenvalue weighted by Crippen LogP contribution is -2.40. The highest BCUT2D eigenvalue weighted by Gasteiger charge is 2.36. The number of anilines is 1. The molecule has 0 radical (unpaired) electrons. The lowest BCUT2D eigenvalue weighted by molar-refractivity contribution is 0.0546. The molecule has 1 amide bonds. The number of piperidine rings is 1. The predicted molar refractivity (Wildman–Crippen MR) is 107 cm³/mol. The van der Waals surface area contributed by atoms with Crippen molar-refractivity contribution >= 4 is 21.6 Å². The van der Waals surface area contributed by atoms with E-state index in [2.05, 4.69) is 0 Å². The summed E-state index contributed by atoms with van der Waals surface area (Å²) in [6, 6.07) is 13.6. The predicted octanol–water partition coefficient (Wildman–Crippen LogP) is 2.42. The molecule has 2 aliphatic heterocycles. The number of hydrogen-bond acceptors (Lipinski definition) is 4. The van der Waals surface area contributed by atoms with Crippen LogP contribution < -0.4 is 4.31 Å². The summed E-state index contributed by atoms with van der Waals surface area (Å²) in [5.41, 5.74) is 2.08. The number of carbonyl (C=O) groups is 1. The zero-order chi connectivity index (χ0) is 19.9. The number of nitrogens with zero attached hydrogens (tertiary/aromatic N) is 2. The summed E-state index contributed by atoms with van der Waals surface area (Å²) in [4.78, 5) is 14.6. The molecule has 7 heteroatoms. The molecule has 1 N–H and O–H groups in total. The first-order valence-electron chi connectivity index (χ1n) is 9.57. The van der Waals surface area contributed by atoms with Gasteiger partial charge in [0.05, 0.1) is 16.7 Å². The van der Waals surface area contributed by atoms with Crippen LogP contribution in [-0.4, -0.2) is 49.6 Å². The van der Waals surface area contributed by atoms with Crippen molar-refractivity contribution in [2.75, 3.05) is 17.4 Å². The zero-order valence-corrected chi connectivity index (χ0v) is 16.6. The fraction of sp³-hybridized carbons (Fsp3) is 0.381. The number of aliphatic hydroxyl groups excluding tert-OH is 1. The standard InChI is InChI=1S/C21H24N2O4S/c1-15-13-16-5-2-3-8-20(16)23(15)28(26,27)19-7-4-6-17(14-19)21(25)22-11-9-18(24)10-12-22/h2-8,14-15,18,24H,9-13H2,1H3. The monoisotopic (exact) mass is 400 g/mol. The van der Waals surface area contributed by atoms with E-state index in [4.69, 9.17) is 0 Å². The van der Waals surface area contributed by atoms with Gasteiger partial charge in [0.1, 0.15) is 0 Å². The summed E-state index contributed by atoms with van der Waals surface area (Å²) in [6.07, 6.45) is 1.40. The van der Waals surface area contributed by atoms with Gasteiger partial charge in [-0.05, 0) is 56.0 Å². The Balaban J connectivity index is 1.65. The van der Waals surface area contributed by atoms with Crippen LogP contribution in [0.5, 0.6) is 0 Å². The van der Waals surface area contributed by atoms with Gasteiger partial charge >= 0.3 is 0 Å². The summed E-state index contributed by atoms with van der Waals surface area (Å²) in [7, 11) is -3.77. The zero-order valence-electron chi connectivity index (χ0n) is 15.8. The van der Waals surface area contributed by atoms with E-state index in [0.717, 1.165) is 5.56 Å². The van der Waals surface area contributed by atoms with E-state index >= 15 is 0 Å². The molecule has 0 aliphatic carbocycles. The van der Waals surface area contributed by atoms with Gasteiger partial charge in [0.15, 0.2) is 0 Å². The Hall–Kier alpha value is -2.38. The molecule has 1 unspecified atom stereocenters. The molecule has 0 aromatic heterocycles. The summed E-state index contributed by atoms with van der Waals surface area (Å²) in [5.74, 6) is -0.196. The molecule has 1 atom stereocenters. The molecule has 2 aromatic rings. The number of para-hydroxylation sites is 1. The van der Waals surface area contributed by atoms with Crippen molar-refractivity contribution < 1.29 is 18.3 Å². The van der Waals surface area contributed by atoms with Gasteiger partial charge in [-0.25, -0.2) is 8.42 Å². The minimum Gasteiger partial charge on any atom is -0.393 e. The van der Waals surface area contributed by atoms with Crippen LogP contribution in [0.4, 0.5) is 5.69 Å². The summed E-state index contributed by atoms with van der Waals surface area (Å²) >= 11 is 0. The topological polar surface area (TPSA) is 77.9 Å². The second-order valence-electron chi connectivity index (χ2n) is 7.53. The molecule has 6 nitrogen and oxygen atoms in total. The number of benzene rings is 2. The molecule has 2 aromatic carbocycles. The Morgan fingerprint density at radius 2 is 1.79 bits per heavy atom. The van der Waals surface area contributed by atoms with E-state index in [1.807, 2.05) is 31.2 Å². The number of fused-ring (bicyclic) bond motifs is 1. The molecule has 0 bridgehead atoms. The molecule has 0 saturated carbocycles. The van der Waals surface area contributed by atoms with Crippen molar-refractivity contribution in [2.24, 2.45) is 0 Å². The van der Waals surface area contributed by atoms with Crippen molar-refractivity contribution in [1.29, 1.82) is 0 Å². The van der Waals surface area contributed by atoms with Gasteiger partial charge in [-0.15, -0.1) is 0 Å². The van der Waals surface area contributed by atoms with Crippen LogP contribution in [0.3, 0.4) is 0 Å². The average Bonchev–Trinajstić information content (AvgIpc) is 3.04. The number of rotatable bonds is 3. The molecule has 2 heterocycles. The Morgan fingerprint density at radius 1 is 1.07 bits per heavy atom. The maximum absolute atomic E-state index is 13.4. The third kappa shape index (κ3) is 3.29. The molecule has 28 heavy (non-hydrogen) atoms. The molecule has 4 rings (SSSR count). The van der Waals surface area contributed by atoms with Crippen LogP contribution in [-0.2, 0) is 16.4 Å². The maximum Gasteiger partial charge on any atom is 0.264 e. The van der Waals surface area contributed by atoms with E-state index < -0.39 is 10.0 Å². The number of hydrogen-bond donors (Lipinski definition) is 1. The number of sulfonamides is 1. The largest absolute Gasteiger partial charge is 0.393 e. The fourth-order valence-corrected chi connectivity index (χ4v) is 5.80. The second-order valence-corrected chi connectivity index (χ2v) is 9.35. The Bertz CT molecular complexity index is 997. The van der Waals surface area contributed by atoms with Crippen LogP contribution in [0.1, 0.15) is 35.7 Å². The first kappa shape index (κ1) is 19.0. The number of aliphatic hydroxyl groups is 1. The van der Waals surface area contributed by atoms with E-state index in [9.17, 15) is 18.3 Å². The van der Waals surface area contributed by atoms with Gasteiger partial charge in [0, 0.05) is 24.7 Å². The molecule has 0 spiro atoms. The molecule has 1 saturated heterocycles. The fourth-order valence-electron chi connectivity index (χ4n) is 4.06. The van der Waals surface area contributed by atoms with E-state index in [-0.39, 0.29) is 22.9 Å². The van der Waals surface area contributed by atoms with E-state index in [1.165, 1.54) is 10.4 Å². The summed E-state index contributed by atoms with van der Waals surface area (Å²) < 4.78 is 28.2. The quantitative estimate of drug-likeness (QED) is 0.858. The van der Waals surface area contributed by atoms with Crippen LogP contribution in [0.15, 0.2) is 53.4 Å². The van der Waals surface area contributed by atoms with Gasteiger partial charge in [-0.3, -0.25) is 9.10 Å². The molecule has 2 aliphatic rings. The van der Waals surface area contributed by atoms with Crippen molar-refractivity contribution in [3.8, 4) is 0 Å². The van der Waals surface area contributed by atoms with Gasteiger partial charge < -0.3 is 10.0 Å². The lowest BCUT2D eigenvalue weighted by atomic mass is 10.1. The third-order valence-corrected chi connectivity index (χ3v) is 7.46. The Labute approximate surface area is 165 Å². The first-order valence-corrected chi connectivity index (χ1v) is 11.0. The minimum absolute atomic E-state index is 0.124. The van der Waals surface area contributed by atoms with Crippen molar-refractivity contribution in [1.82, 2.24) is 4.90 Å². The first-order chi connectivity index (χ1) is 13.4. The summed E-state index contributed by atoms with van der Waals surface area (Å²) in [5, 5.41) is 9.63. The normalized spacial score (nSPS) is 20.3. The maximum atomic E-state index is 13.4. The van der Waals surface area contributed by atoms with Crippen LogP contribution >= 0.6 is 0 Å². The van der Waals surface area contributed by atoms with Gasteiger partial charge in [-0.1, -0.05) is 24.3 Å². The van der Waals surface area contributed by atoms with Gasteiger partial charge in [0.25, 0.3) is 15.9 Å². The van der Waals surface area contributed by atoms with Crippen molar-refractivity contribution in [3.63, 3.8) is 0 Å². The Morgan fingerprint density at radius 3 is 2.54 bits per heavy atom. The number of likely N-dealkylation sites (tertiary alicyclic amines) is 1. The number of amides is 1. The highest BCUT2D eigenvalue weighted by molar-refractivity contribution is 7.92. The minimum atomic E-state index is -3.77. The van der Waals surface area contributed by atoms with E-state index in [0.29, 0.717) is 43.6 Å². The second kappa shape index (κ2) is 7.22. The summed E-state index contributed by atoms with van der Waals surface area (Å²) in [6.45, 7) is 2.85. The van der Waals surface area contributed by atoms with Crippen molar-refractivity contribution in [3.05, 3.63) is 59.7 Å². The van der Waals surface area contributed by atoms with Crippen LogP contribution in [0, 0.1) is 0 Å². The van der Waals surface area contributed by atoms with E-state index in [1.54, 1.807) is 23.1 Å². The molecular formula is C21H24N2O4S. The third-order valence-electron chi connectivity index (χ3n) is 5.53.